The number of amides is 1. The lowest BCUT2D eigenvalue weighted by Crippen LogP contribution is -2.28. The summed E-state index contributed by atoms with van der Waals surface area (Å²) in [6.07, 6.45) is 2.17. The van der Waals surface area contributed by atoms with Crippen LogP contribution in [0.15, 0.2) is 47.3 Å². The minimum Gasteiger partial charge on any atom is -0.353 e. The van der Waals surface area contributed by atoms with Gasteiger partial charge in [-0.3, -0.25) is 4.79 Å². The van der Waals surface area contributed by atoms with Crippen LogP contribution in [0, 0.1) is 13.8 Å². The second-order valence-electron chi connectivity index (χ2n) is 8.08. The number of hydrogen-bond acceptors (Lipinski definition) is 5. The van der Waals surface area contributed by atoms with Gasteiger partial charge in [0.05, 0.1) is 11.0 Å². The summed E-state index contributed by atoms with van der Waals surface area (Å²) in [4.78, 5) is 32.9. The summed E-state index contributed by atoms with van der Waals surface area (Å²) in [6, 6.07) is 13.3. The van der Waals surface area contributed by atoms with Crippen molar-refractivity contribution in [3.05, 3.63) is 64.1 Å². The normalized spacial score (nSPS) is 13.9. The monoisotopic (exact) mass is 416 g/mol. The summed E-state index contributed by atoms with van der Waals surface area (Å²) in [5, 5.41) is 7.42. The molecule has 1 aliphatic rings. The summed E-state index contributed by atoms with van der Waals surface area (Å²) in [5.74, 6) is 0.402. The zero-order valence-corrected chi connectivity index (χ0v) is 17.6. The zero-order chi connectivity index (χ0) is 21.5. The number of fused-ring (bicyclic) bond motifs is 3. The molecule has 0 saturated carbocycles. The number of anilines is 2. The molecule has 158 valence electrons. The van der Waals surface area contributed by atoms with Gasteiger partial charge in [0, 0.05) is 18.8 Å². The van der Waals surface area contributed by atoms with Gasteiger partial charge in [-0.25, -0.2) is 18.9 Å². The Morgan fingerprint density at radius 3 is 2.65 bits per heavy atom. The van der Waals surface area contributed by atoms with Crippen molar-refractivity contribution in [3.63, 3.8) is 0 Å². The molecule has 8 heteroatoms. The number of carbonyl (C=O) groups excluding carboxylic acids is 1. The smallest absolute Gasteiger partial charge is 0.351 e. The van der Waals surface area contributed by atoms with Gasteiger partial charge in [0.25, 0.3) is 0 Å². The van der Waals surface area contributed by atoms with Crippen molar-refractivity contribution in [2.45, 2.75) is 33.2 Å². The highest BCUT2D eigenvalue weighted by Crippen LogP contribution is 2.25. The standard InChI is InChI=1S/C23H24N6O2/c1-15-9-10-17(16(2)13-15)24-20(30)14-28-23(31)29-19-8-4-3-7-18(19)25-21(22(29)26-28)27-11-5-6-12-27/h3-4,7-10,13H,5-6,11-12,14H2,1-2H3,(H,24,30). The van der Waals surface area contributed by atoms with Crippen LogP contribution in [-0.2, 0) is 11.3 Å². The maximum Gasteiger partial charge on any atom is 0.351 e. The van der Waals surface area contributed by atoms with E-state index in [4.69, 9.17) is 4.98 Å². The predicted octanol–water partition coefficient (Wildman–Crippen LogP) is 2.90. The van der Waals surface area contributed by atoms with E-state index in [2.05, 4.69) is 15.3 Å². The fraction of sp³-hybridized carbons (Fsp3) is 0.304. The van der Waals surface area contributed by atoms with Gasteiger partial charge in [-0.05, 0) is 50.5 Å². The molecule has 4 aromatic rings. The van der Waals surface area contributed by atoms with Crippen LogP contribution in [0.2, 0.25) is 0 Å². The van der Waals surface area contributed by atoms with Gasteiger partial charge in [-0.2, -0.15) is 0 Å². The largest absolute Gasteiger partial charge is 0.353 e. The molecule has 0 bridgehead atoms. The van der Waals surface area contributed by atoms with Gasteiger partial charge < -0.3 is 10.2 Å². The Kier molecular flexibility index (Phi) is 4.69. The number of hydrogen-bond donors (Lipinski definition) is 1. The molecule has 1 fully saturated rings. The molecule has 8 nitrogen and oxygen atoms in total. The maximum absolute atomic E-state index is 13.2. The Hall–Kier alpha value is -3.68. The zero-order valence-electron chi connectivity index (χ0n) is 17.6. The molecule has 3 heterocycles. The van der Waals surface area contributed by atoms with E-state index in [1.807, 2.05) is 56.3 Å². The highest BCUT2D eigenvalue weighted by atomic mass is 16.2. The number of nitrogens with zero attached hydrogens (tertiary/aromatic N) is 5. The van der Waals surface area contributed by atoms with Crippen LogP contribution >= 0.6 is 0 Å². The van der Waals surface area contributed by atoms with Crippen molar-refractivity contribution in [1.82, 2.24) is 19.2 Å². The van der Waals surface area contributed by atoms with Gasteiger partial charge >= 0.3 is 5.69 Å². The first-order chi connectivity index (χ1) is 15.0. The van der Waals surface area contributed by atoms with Crippen molar-refractivity contribution in [2.75, 3.05) is 23.3 Å². The number of benzene rings is 2. The lowest BCUT2D eigenvalue weighted by molar-refractivity contribution is -0.117. The first kappa shape index (κ1) is 19.3. The van der Waals surface area contributed by atoms with Crippen LogP contribution in [0.25, 0.3) is 16.7 Å². The Balaban J connectivity index is 1.56. The van der Waals surface area contributed by atoms with Crippen molar-refractivity contribution >= 4 is 34.1 Å². The molecular weight excluding hydrogens is 392 g/mol. The van der Waals surface area contributed by atoms with E-state index in [1.165, 1.54) is 4.68 Å². The molecular formula is C23H24N6O2. The van der Waals surface area contributed by atoms with E-state index < -0.39 is 0 Å². The first-order valence-corrected chi connectivity index (χ1v) is 10.5. The summed E-state index contributed by atoms with van der Waals surface area (Å²) >= 11 is 0. The number of aromatic nitrogens is 4. The van der Waals surface area contributed by atoms with Crippen molar-refractivity contribution < 1.29 is 4.79 Å². The van der Waals surface area contributed by atoms with Crippen molar-refractivity contribution in [2.24, 2.45) is 0 Å². The average Bonchev–Trinajstić information content (AvgIpc) is 3.39. The molecule has 1 saturated heterocycles. The molecule has 1 amide bonds. The fourth-order valence-electron chi connectivity index (χ4n) is 4.21. The number of para-hydroxylation sites is 2. The Bertz CT molecular complexity index is 1360. The summed E-state index contributed by atoms with van der Waals surface area (Å²) < 4.78 is 2.79. The van der Waals surface area contributed by atoms with Crippen LogP contribution in [0.3, 0.4) is 0 Å². The third-order valence-electron chi connectivity index (χ3n) is 5.74. The maximum atomic E-state index is 13.2. The molecule has 0 atom stereocenters. The molecule has 1 aliphatic heterocycles. The quantitative estimate of drug-likeness (QED) is 0.553. The SMILES string of the molecule is Cc1ccc(NC(=O)Cn2nc3c(N4CCCC4)nc4ccccc4n3c2=O)c(C)c1. The number of carbonyl (C=O) groups is 1. The molecule has 31 heavy (non-hydrogen) atoms. The van der Waals surface area contributed by atoms with Gasteiger partial charge in [0.15, 0.2) is 5.82 Å². The minimum absolute atomic E-state index is 0.165. The third kappa shape index (κ3) is 3.43. The van der Waals surface area contributed by atoms with E-state index in [1.54, 1.807) is 4.40 Å². The molecule has 5 rings (SSSR count). The second-order valence-corrected chi connectivity index (χ2v) is 8.08. The number of nitrogens with one attached hydrogen (secondary N) is 1. The summed E-state index contributed by atoms with van der Waals surface area (Å²) in [6.45, 7) is 5.55. The average molecular weight is 416 g/mol. The van der Waals surface area contributed by atoms with Crippen LogP contribution < -0.4 is 15.9 Å². The van der Waals surface area contributed by atoms with Crippen molar-refractivity contribution in [1.29, 1.82) is 0 Å². The third-order valence-corrected chi connectivity index (χ3v) is 5.74. The molecule has 0 unspecified atom stereocenters. The van der Waals surface area contributed by atoms with Crippen LogP contribution in [0.4, 0.5) is 11.5 Å². The molecule has 2 aromatic heterocycles. The van der Waals surface area contributed by atoms with Gasteiger partial charge in [0.1, 0.15) is 6.54 Å². The molecule has 0 radical (unpaired) electrons. The van der Waals surface area contributed by atoms with E-state index in [0.717, 1.165) is 48.3 Å². The highest BCUT2D eigenvalue weighted by molar-refractivity contribution is 5.91. The topological polar surface area (TPSA) is 84.5 Å². The lowest BCUT2D eigenvalue weighted by Gasteiger charge is -2.17. The van der Waals surface area contributed by atoms with Crippen LogP contribution in [-0.4, -0.2) is 38.2 Å². The van der Waals surface area contributed by atoms with E-state index in [-0.39, 0.29) is 18.1 Å². The van der Waals surface area contributed by atoms with Crippen LogP contribution in [0.5, 0.6) is 0 Å². The number of rotatable bonds is 4. The second kappa shape index (κ2) is 7.54. The fourth-order valence-corrected chi connectivity index (χ4v) is 4.21. The van der Waals surface area contributed by atoms with Crippen molar-refractivity contribution in [3.8, 4) is 0 Å². The Morgan fingerprint density at radius 1 is 1.10 bits per heavy atom. The van der Waals surface area contributed by atoms with Gasteiger partial charge in [-0.1, -0.05) is 29.8 Å². The van der Waals surface area contributed by atoms with Crippen LogP contribution in [0.1, 0.15) is 24.0 Å². The van der Waals surface area contributed by atoms with E-state index >= 15 is 0 Å². The predicted molar refractivity (Wildman–Crippen MR) is 121 cm³/mol. The first-order valence-electron chi connectivity index (χ1n) is 10.5. The highest BCUT2D eigenvalue weighted by Gasteiger charge is 2.23. The summed E-state index contributed by atoms with van der Waals surface area (Å²) in [7, 11) is 0. The molecule has 0 aliphatic carbocycles. The lowest BCUT2D eigenvalue weighted by atomic mass is 10.1. The van der Waals surface area contributed by atoms with Gasteiger partial charge in [0.2, 0.25) is 11.6 Å². The summed E-state index contributed by atoms with van der Waals surface area (Å²) in [5.41, 5.74) is 4.40. The number of aryl methyl sites for hydroxylation is 2. The van der Waals surface area contributed by atoms with E-state index in [9.17, 15) is 9.59 Å². The molecule has 0 spiro atoms. The Morgan fingerprint density at radius 2 is 1.87 bits per heavy atom. The Labute approximate surface area is 179 Å². The minimum atomic E-state index is -0.343. The molecule has 2 aromatic carbocycles. The van der Waals surface area contributed by atoms with Gasteiger partial charge in [-0.15, -0.1) is 5.10 Å². The van der Waals surface area contributed by atoms with E-state index in [0.29, 0.717) is 17.0 Å². The molecule has 1 N–H and O–H groups in total.